The van der Waals surface area contributed by atoms with Gasteiger partial charge in [0, 0.05) is 32.7 Å². The molecule has 0 radical (unpaired) electrons. The van der Waals surface area contributed by atoms with Crippen LogP contribution in [0.2, 0.25) is 0 Å². The number of hydrazone groups is 1. The maximum Gasteiger partial charge on any atom is 0.342 e. The van der Waals surface area contributed by atoms with Crippen LogP contribution in [-0.2, 0) is 4.79 Å². The van der Waals surface area contributed by atoms with Crippen LogP contribution in [0.4, 0.5) is 11.5 Å². The van der Waals surface area contributed by atoms with Crippen LogP contribution < -0.4 is 26.9 Å². The lowest BCUT2D eigenvalue weighted by atomic mass is 10.2. The van der Waals surface area contributed by atoms with Crippen molar-refractivity contribution < 1.29 is 4.79 Å². The van der Waals surface area contributed by atoms with Crippen molar-refractivity contribution in [3.63, 3.8) is 0 Å². The largest absolute Gasteiger partial charge is 0.378 e. The van der Waals surface area contributed by atoms with E-state index in [-0.39, 0.29) is 24.7 Å². The van der Waals surface area contributed by atoms with Crippen LogP contribution >= 0.6 is 0 Å². The molecule has 0 fully saturated rings. The third-order valence-corrected chi connectivity index (χ3v) is 3.17. The lowest BCUT2D eigenvalue weighted by Crippen LogP contribution is -2.28. The van der Waals surface area contributed by atoms with Gasteiger partial charge in [0.05, 0.1) is 6.21 Å². The fourth-order valence-electron chi connectivity index (χ4n) is 1.86. The zero-order valence-corrected chi connectivity index (χ0v) is 13.9. The molecule has 10 nitrogen and oxygen atoms in total. The van der Waals surface area contributed by atoms with E-state index in [1.54, 1.807) is 6.21 Å². The predicted octanol–water partition coefficient (Wildman–Crippen LogP) is -0.523. The van der Waals surface area contributed by atoms with E-state index in [1.165, 1.54) is 0 Å². The van der Waals surface area contributed by atoms with E-state index >= 15 is 0 Å². The smallest absolute Gasteiger partial charge is 0.342 e. The molecule has 2 aromatic rings. The van der Waals surface area contributed by atoms with Gasteiger partial charge in [0.1, 0.15) is 0 Å². The van der Waals surface area contributed by atoms with Gasteiger partial charge in [-0.2, -0.15) is 5.10 Å². The second kappa shape index (κ2) is 8.43. The van der Waals surface area contributed by atoms with Crippen molar-refractivity contribution in [1.82, 2.24) is 20.6 Å². The number of rotatable bonds is 7. The molecule has 0 spiro atoms. The summed E-state index contributed by atoms with van der Waals surface area (Å²) in [4.78, 5) is 37.9. The van der Waals surface area contributed by atoms with Crippen LogP contribution in [0.1, 0.15) is 12.0 Å². The van der Waals surface area contributed by atoms with E-state index in [1.807, 2.05) is 48.2 Å². The van der Waals surface area contributed by atoms with Gasteiger partial charge < -0.3 is 10.2 Å². The summed E-state index contributed by atoms with van der Waals surface area (Å²) in [5.41, 5.74) is 2.97. The quantitative estimate of drug-likeness (QED) is 0.394. The number of nitrogens with one attached hydrogen (secondary N) is 4. The topological polar surface area (TPSA) is 135 Å². The number of amides is 1. The third-order valence-electron chi connectivity index (χ3n) is 3.17. The van der Waals surface area contributed by atoms with Crippen LogP contribution in [-0.4, -0.2) is 47.9 Å². The van der Waals surface area contributed by atoms with Crippen LogP contribution in [0.3, 0.4) is 0 Å². The normalized spacial score (nSPS) is 10.6. The molecule has 25 heavy (non-hydrogen) atoms. The minimum absolute atomic E-state index is 0.0584. The minimum Gasteiger partial charge on any atom is -0.378 e. The molecular formula is C15H19N7O3. The number of anilines is 2. The maximum absolute atomic E-state index is 11.7. The van der Waals surface area contributed by atoms with Crippen molar-refractivity contribution in [3.05, 3.63) is 50.7 Å². The predicted molar refractivity (Wildman–Crippen MR) is 95.1 cm³/mol. The fraction of sp³-hybridized carbons (Fsp3) is 0.267. The van der Waals surface area contributed by atoms with Gasteiger partial charge in [0.25, 0.3) is 5.56 Å². The molecule has 0 aliphatic heterocycles. The Hall–Kier alpha value is -3.43. The monoisotopic (exact) mass is 345 g/mol. The first-order valence-corrected chi connectivity index (χ1v) is 7.48. The standard InChI is InChI=1S/C15H19N7O3/c1-22(2)11-5-3-10(4-6-11)9-17-19-12(23)7-8-16-13-14(24)18-15(25)21-20-13/h3-6,9H,7-8H2,1-2H3,(H,16,20)(H,19,23)(H2,18,21,24,25)/b17-9+. The first kappa shape index (κ1) is 17.9. The molecule has 10 heteroatoms. The molecule has 0 atom stereocenters. The highest BCUT2D eigenvalue weighted by Gasteiger charge is 2.03. The number of nitrogens with zero attached hydrogens (tertiary/aromatic N) is 3. The lowest BCUT2D eigenvalue weighted by Gasteiger charge is -2.11. The second-order valence-corrected chi connectivity index (χ2v) is 5.31. The number of hydrogen-bond acceptors (Lipinski definition) is 7. The van der Waals surface area contributed by atoms with Gasteiger partial charge in [-0.05, 0) is 17.7 Å². The number of benzene rings is 1. The number of carbonyl (C=O) groups excluding carboxylic acids is 1. The van der Waals surface area contributed by atoms with Gasteiger partial charge in [-0.25, -0.2) is 15.3 Å². The molecular weight excluding hydrogens is 326 g/mol. The zero-order chi connectivity index (χ0) is 18.2. The Morgan fingerprint density at radius 3 is 2.64 bits per heavy atom. The molecule has 1 aromatic carbocycles. The summed E-state index contributed by atoms with van der Waals surface area (Å²) in [5.74, 6) is -0.383. The Morgan fingerprint density at radius 1 is 1.28 bits per heavy atom. The molecule has 0 unspecified atom stereocenters. The van der Waals surface area contributed by atoms with E-state index in [4.69, 9.17) is 0 Å². The third kappa shape index (κ3) is 5.61. The molecule has 0 saturated carbocycles. The first-order chi connectivity index (χ1) is 12.0. The average molecular weight is 345 g/mol. The summed E-state index contributed by atoms with van der Waals surface area (Å²) < 4.78 is 0. The van der Waals surface area contributed by atoms with Crippen molar-refractivity contribution in [1.29, 1.82) is 0 Å². The number of aromatic amines is 2. The first-order valence-electron chi connectivity index (χ1n) is 7.48. The summed E-state index contributed by atoms with van der Waals surface area (Å²) >= 11 is 0. The van der Waals surface area contributed by atoms with Crippen LogP contribution in [0, 0.1) is 0 Å². The van der Waals surface area contributed by atoms with Gasteiger partial charge in [-0.3, -0.25) is 14.6 Å². The lowest BCUT2D eigenvalue weighted by molar-refractivity contribution is -0.120. The number of hydrogen-bond donors (Lipinski definition) is 4. The number of aromatic nitrogens is 3. The van der Waals surface area contributed by atoms with E-state index in [2.05, 4.69) is 26.0 Å². The highest BCUT2D eigenvalue weighted by atomic mass is 16.2. The maximum atomic E-state index is 11.7. The Balaban J connectivity index is 1.76. The minimum atomic E-state index is -0.693. The second-order valence-electron chi connectivity index (χ2n) is 5.31. The van der Waals surface area contributed by atoms with Crippen LogP contribution in [0.25, 0.3) is 0 Å². The highest BCUT2D eigenvalue weighted by molar-refractivity contribution is 5.83. The van der Waals surface area contributed by atoms with Crippen molar-refractivity contribution in [2.24, 2.45) is 5.10 Å². The fourth-order valence-corrected chi connectivity index (χ4v) is 1.86. The Labute approximate surface area is 143 Å². The Bertz CT molecular complexity index is 852. The molecule has 132 valence electrons. The zero-order valence-electron chi connectivity index (χ0n) is 13.9. The van der Waals surface area contributed by atoms with Crippen molar-refractivity contribution in [2.75, 3.05) is 30.9 Å². The van der Waals surface area contributed by atoms with Crippen LogP contribution in [0.5, 0.6) is 0 Å². The van der Waals surface area contributed by atoms with E-state index < -0.39 is 11.2 Å². The number of carbonyl (C=O) groups is 1. The molecule has 2 rings (SSSR count). The summed E-state index contributed by atoms with van der Waals surface area (Å²) in [6.45, 7) is 0.168. The van der Waals surface area contributed by atoms with Gasteiger partial charge in [-0.1, -0.05) is 12.1 Å². The van der Waals surface area contributed by atoms with Gasteiger partial charge in [0.15, 0.2) is 0 Å². The van der Waals surface area contributed by atoms with Crippen molar-refractivity contribution >= 4 is 23.6 Å². The van der Waals surface area contributed by atoms with Gasteiger partial charge in [0.2, 0.25) is 11.7 Å². The average Bonchev–Trinajstić information content (AvgIpc) is 2.57. The van der Waals surface area contributed by atoms with Crippen molar-refractivity contribution in [3.8, 4) is 0 Å². The summed E-state index contributed by atoms with van der Waals surface area (Å²) in [5, 5.41) is 12.2. The van der Waals surface area contributed by atoms with Crippen molar-refractivity contribution in [2.45, 2.75) is 6.42 Å². The SMILES string of the molecule is CN(C)c1ccc(/C=N/NC(=O)CCNc2n[nH]c(=O)[nH]c2=O)cc1. The molecule has 0 bridgehead atoms. The molecule has 4 N–H and O–H groups in total. The molecule has 0 saturated heterocycles. The van der Waals surface area contributed by atoms with Gasteiger partial charge >= 0.3 is 5.69 Å². The molecule has 0 aliphatic rings. The van der Waals surface area contributed by atoms with Gasteiger partial charge in [-0.15, -0.1) is 5.10 Å². The molecule has 1 amide bonds. The number of H-pyrrole nitrogens is 2. The van der Waals surface area contributed by atoms with E-state index in [0.29, 0.717) is 0 Å². The van der Waals surface area contributed by atoms with E-state index in [9.17, 15) is 14.4 Å². The highest BCUT2D eigenvalue weighted by Crippen LogP contribution is 2.10. The molecule has 1 heterocycles. The van der Waals surface area contributed by atoms with Crippen LogP contribution in [0.15, 0.2) is 39.0 Å². The molecule has 1 aromatic heterocycles. The Morgan fingerprint density at radius 2 is 2.00 bits per heavy atom. The summed E-state index contributed by atoms with van der Waals surface area (Å²) in [6, 6.07) is 7.67. The van der Waals surface area contributed by atoms with E-state index in [0.717, 1.165) is 11.3 Å². The summed E-state index contributed by atoms with van der Waals surface area (Å²) in [6.07, 6.45) is 1.62. The Kier molecular flexibility index (Phi) is 6.04. The summed E-state index contributed by atoms with van der Waals surface area (Å²) in [7, 11) is 3.90. The molecule has 0 aliphatic carbocycles.